The lowest BCUT2D eigenvalue weighted by Crippen LogP contribution is -2.44. The minimum absolute atomic E-state index is 0.0300. The molecule has 2 amide bonds. The predicted molar refractivity (Wildman–Crippen MR) is 123 cm³/mol. The van der Waals surface area contributed by atoms with Gasteiger partial charge in [-0.3, -0.25) is 9.59 Å². The molecule has 184 valence electrons. The molecule has 7 nitrogen and oxygen atoms in total. The van der Waals surface area contributed by atoms with Crippen LogP contribution in [0, 0.1) is 18.2 Å². The van der Waals surface area contributed by atoms with Crippen LogP contribution in [0.5, 0.6) is 0 Å². The fraction of sp³-hybridized carbons (Fsp3) is 0.417. The highest BCUT2D eigenvalue weighted by Gasteiger charge is 2.49. The maximum atomic E-state index is 13.4. The van der Waals surface area contributed by atoms with Crippen molar-refractivity contribution in [2.24, 2.45) is 5.41 Å². The number of carbonyl (C=O) groups is 2. The summed E-state index contributed by atoms with van der Waals surface area (Å²) in [6.45, 7) is 2.09. The number of carbonyl (C=O) groups excluding carboxylic acids is 2. The zero-order valence-electron chi connectivity index (χ0n) is 18.9. The highest BCUT2D eigenvalue weighted by molar-refractivity contribution is 6.34. The molecule has 0 atom stereocenters. The number of nitrogens with zero attached hydrogens (tertiary/aromatic N) is 4. The summed E-state index contributed by atoms with van der Waals surface area (Å²) in [5.74, 6) is -0.923. The van der Waals surface area contributed by atoms with Crippen LogP contribution in [0.4, 0.5) is 18.9 Å². The molecule has 1 aliphatic heterocycles. The monoisotopic (exact) mass is 505 g/mol. The van der Waals surface area contributed by atoms with Gasteiger partial charge in [0.25, 0.3) is 12.3 Å². The lowest BCUT2D eigenvalue weighted by molar-refractivity contribution is -0.127. The van der Waals surface area contributed by atoms with Gasteiger partial charge in [0.2, 0.25) is 5.91 Å². The maximum Gasteiger partial charge on any atom is 0.280 e. The van der Waals surface area contributed by atoms with Crippen LogP contribution in [0.25, 0.3) is 5.65 Å². The summed E-state index contributed by atoms with van der Waals surface area (Å²) in [5, 5.41) is 7.09. The Bertz CT molecular complexity index is 1320. The summed E-state index contributed by atoms with van der Waals surface area (Å²) in [4.78, 5) is 32.1. The Morgan fingerprint density at radius 1 is 1.23 bits per heavy atom. The van der Waals surface area contributed by atoms with Gasteiger partial charge in [0.1, 0.15) is 17.1 Å². The van der Waals surface area contributed by atoms with E-state index in [9.17, 15) is 22.8 Å². The molecule has 3 heterocycles. The second-order valence-electron chi connectivity index (χ2n) is 9.25. The van der Waals surface area contributed by atoms with Crippen LogP contribution >= 0.6 is 11.6 Å². The number of amides is 2. The first-order chi connectivity index (χ1) is 16.7. The van der Waals surface area contributed by atoms with Crippen LogP contribution < -0.4 is 10.2 Å². The molecule has 35 heavy (non-hydrogen) atoms. The summed E-state index contributed by atoms with van der Waals surface area (Å²) < 4.78 is 41.2. The normalized spacial score (nSPS) is 22.5. The number of anilines is 1. The van der Waals surface area contributed by atoms with Crippen molar-refractivity contribution in [2.75, 3.05) is 11.4 Å². The van der Waals surface area contributed by atoms with E-state index in [1.807, 2.05) is 0 Å². The molecule has 11 heteroatoms. The number of nitrogens with one attached hydrogen (secondary N) is 1. The number of hydrogen-bond donors (Lipinski definition) is 1. The van der Waals surface area contributed by atoms with E-state index in [0.29, 0.717) is 50.0 Å². The number of benzene rings is 1. The Labute approximate surface area is 204 Å². The van der Waals surface area contributed by atoms with Crippen LogP contribution in [-0.2, 0) is 4.79 Å². The van der Waals surface area contributed by atoms with Crippen LogP contribution in [0.2, 0.25) is 5.02 Å². The minimum Gasteiger partial charge on any atom is -0.349 e. The summed E-state index contributed by atoms with van der Waals surface area (Å²) in [7, 11) is 0. The van der Waals surface area contributed by atoms with E-state index < -0.39 is 23.6 Å². The van der Waals surface area contributed by atoms with E-state index in [1.165, 1.54) is 30.5 Å². The lowest BCUT2D eigenvalue weighted by Gasteiger charge is -2.36. The summed E-state index contributed by atoms with van der Waals surface area (Å²) in [5.41, 5.74) is 0.232. The number of alkyl halides is 2. The first kappa shape index (κ1) is 23.6. The van der Waals surface area contributed by atoms with Gasteiger partial charge >= 0.3 is 0 Å². The average molecular weight is 506 g/mol. The van der Waals surface area contributed by atoms with Gasteiger partial charge in [-0.25, -0.2) is 22.7 Å². The van der Waals surface area contributed by atoms with Crippen LogP contribution in [0.15, 0.2) is 30.5 Å². The number of aromatic nitrogens is 3. The Morgan fingerprint density at radius 2 is 1.97 bits per heavy atom. The third-order valence-corrected chi connectivity index (χ3v) is 7.39. The van der Waals surface area contributed by atoms with Gasteiger partial charge < -0.3 is 10.2 Å². The molecule has 0 unspecified atom stereocenters. The van der Waals surface area contributed by atoms with Gasteiger partial charge in [-0.15, -0.1) is 0 Å². The molecule has 1 saturated heterocycles. The van der Waals surface area contributed by atoms with Gasteiger partial charge in [-0.05, 0) is 63.3 Å². The molecule has 1 spiro atoms. The van der Waals surface area contributed by atoms with Crippen LogP contribution in [0.1, 0.15) is 60.3 Å². The van der Waals surface area contributed by atoms with Crippen molar-refractivity contribution in [3.8, 4) is 0 Å². The number of hydrogen-bond acceptors (Lipinski definition) is 4. The Balaban J connectivity index is 1.27. The van der Waals surface area contributed by atoms with Gasteiger partial charge in [0, 0.05) is 18.3 Å². The van der Waals surface area contributed by atoms with E-state index >= 15 is 0 Å². The van der Waals surface area contributed by atoms with Crippen molar-refractivity contribution in [2.45, 2.75) is 51.5 Å². The van der Waals surface area contributed by atoms with Crippen molar-refractivity contribution in [3.63, 3.8) is 0 Å². The number of fused-ring (bicyclic) bond motifs is 1. The minimum atomic E-state index is -2.75. The lowest BCUT2D eigenvalue weighted by atomic mass is 9.71. The zero-order valence-corrected chi connectivity index (χ0v) is 19.7. The molecule has 5 rings (SSSR count). The Hall–Kier alpha value is -3.14. The second kappa shape index (κ2) is 8.82. The zero-order chi connectivity index (χ0) is 24.9. The second-order valence-corrected chi connectivity index (χ2v) is 9.65. The molecular weight excluding hydrogens is 483 g/mol. The molecule has 0 radical (unpaired) electrons. The van der Waals surface area contributed by atoms with Crippen molar-refractivity contribution in [1.82, 2.24) is 19.9 Å². The van der Waals surface area contributed by atoms with E-state index in [2.05, 4.69) is 15.4 Å². The van der Waals surface area contributed by atoms with Gasteiger partial charge in [0.05, 0.1) is 22.3 Å². The molecule has 3 aromatic rings. The summed E-state index contributed by atoms with van der Waals surface area (Å²) in [6, 6.07) is 5.08. The van der Waals surface area contributed by atoms with Crippen LogP contribution in [-0.4, -0.2) is 39.0 Å². The largest absolute Gasteiger partial charge is 0.349 e. The Morgan fingerprint density at radius 3 is 2.66 bits per heavy atom. The number of aryl methyl sites for hydroxylation is 1. The van der Waals surface area contributed by atoms with Crippen molar-refractivity contribution in [3.05, 3.63) is 58.3 Å². The molecule has 1 aromatic carbocycles. The fourth-order valence-corrected chi connectivity index (χ4v) is 5.49. The third kappa shape index (κ3) is 4.13. The molecule has 1 N–H and O–H groups in total. The highest BCUT2D eigenvalue weighted by Crippen LogP contribution is 2.47. The molecule has 2 aliphatic rings. The molecule has 2 aromatic heterocycles. The average Bonchev–Trinajstić information content (AvgIpc) is 3.37. The van der Waals surface area contributed by atoms with Crippen molar-refractivity contribution < 1.29 is 22.8 Å². The Kier molecular flexibility index (Phi) is 5.94. The van der Waals surface area contributed by atoms with Gasteiger partial charge in [-0.1, -0.05) is 11.6 Å². The number of halogens is 4. The van der Waals surface area contributed by atoms with E-state index in [0.717, 1.165) is 4.52 Å². The third-order valence-electron chi connectivity index (χ3n) is 7.09. The first-order valence-corrected chi connectivity index (χ1v) is 11.8. The molecule has 1 saturated carbocycles. The number of rotatable bonds is 4. The molecule has 1 aliphatic carbocycles. The van der Waals surface area contributed by atoms with Gasteiger partial charge in [0.15, 0.2) is 5.65 Å². The first-order valence-electron chi connectivity index (χ1n) is 11.4. The topological polar surface area (TPSA) is 79.6 Å². The van der Waals surface area contributed by atoms with Gasteiger partial charge in [-0.2, -0.15) is 5.10 Å². The van der Waals surface area contributed by atoms with Crippen molar-refractivity contribution in [1.29, 1.82) is 0 Å². The molecule has 2 fully saturated rings. The SMILES string of the molecule is Cc1cc(C(F)F)n2ncc(C(=O)N[C@H]3CC[C@@]4(CCN(c5ccc(F)cc5Cl)C4=O)CC3)c2n1. The smallest absolute Gasteiger partial charge is 0.280 e. The van der Waals surface area contributed by atoms with E-state index in [-0.39, 0.29) is 33.9 Å². The van der Waals surface area contributed by atoms with Crippen LogP contribution in [0.3, 0.4) is 0 Å². The highest BCUT2D eigenvalue weighted by atomic mass is 35.5. The fourth-order valence-electron chi connectivity index (χ4n) is 5.22. The van der Waals surface area contributed by atoms with E-state index in [4.69, 9.17) is 11.6 Å². The molecule has 0 bridgehead atoms. The summed E-state index contributed by atoms with van der Waals surface area (Å²) in [6.07, 6.45) is 1.53. The van der Waals surface area contributed by atoms with E-state index in [1.54, 1.807) is 11.8 Å². The quantitative estimate of drug-likeness (QED) is 0.549. The maximum absolute atomic E-state index is 13.4. The van der Waals surface area contributed by atoms with Crippen molar-refractivity contribution >= 4 is 34.7 Å². The standard InChI is InChI=1S/C24H23ClF3N5O2/c1-13-10-19(20(27)28)33-21(30-13)16(12-29-33)22(34)31-15-4-6-24(7-5-15)8-9-32(23(24)35)18-3-2-14(26)11-17(18)25/h2-3,10-12,15,20H,4-9H2,1H3,(H,31,34)/t15-,24-. The summed E-state index contributed by atoms with van der Waals surface area (Å²) >= 11 is 6.17. The predicted octanol–water partition coefficient (Wildman–Crippen LogP) is 4.86. The molecular formula is C24H23ClF3N5O2.